The van der Waals surface area contributed by atoms with Crippen molar-refractivity contribution >= 4 is 35.1 Å². The summed E-state index contributed by atoms with van der Waals surface area (Å²) >= 11 is 6.02. The Morgan fingerprint density at radius 1 is 1.15 bits per heavy atom. The molecule has 0 radical (unpaired) electrons. The Morgan fingerprint density at radius 2 is 1.96 bits per heavy atom. The average Bonchev–Trinajstić information content (AvgIpc) is 2.83. The summed E-state index contributed by atoms with van der Waals surface area (Å²) in [7, 11) is 1.50. The first-order valence-corrected chi connectivity index (χ1v) is 8.20. The number of hydrogen-bond donors (Lipinski definition) is 1. The van der Waals surface area contributed by atoms with Crippen molar-refractivity contribution in [2.75, 3.05) is 12.4 Å². The Hall–Kier alpha value is -3.05. The predicted molar refractivity (Wildman–Crippen MR) is 101 cm³/mol. The number of Topliss-reactive ketones (excluding diaryl/α,β-unsaturated/α-hetero) is 1. The lowest BCUT2D eigenvalue weighted by Crippen LogP contribution is -2.14. The van der Waals surface area contributed by atoms with E-state index in [1.807, 2.05) is 0 Å². The standard InChI is InChI=1S/C20H16ClNO4/c1-12(23)13-3-5-19(25-2)17(11-13)22-20(24)14-7-8-26-18-6-4-16(21)10-15(18)9-14/h3-11H,1-2H3,(H,22,24). The fraction of sp³-hybridized carbons (Fsp3) is 0.100. The number of ketones is 1. The lowest BCUT2D eigenvalue weighted by molar-refractivity contribution is -0.112. The van der Waals surface area contributed by atoms with Gasteiger partial charge in [-0.1, -0.05) is 11.6 Å². The van der Waals surface area contributed by atoms with E-state index in [-0.39, 0.29) is 11.7 Å². The van der Waals surface area contributed by atoms with Gasteiger partial charge >= 0.3 is 0 Å². The highest BCUT2D eigenvalue weighted by Gasteiger charge is 2.15. The molecule has 0 aliphatic carbocycles. The number of rotatable bonds is 4. The summed E-state index contributed by atoms with van der Waals surface area (Å²) in [6, 6.07) is 10.0. The molecule has 0 saturated heterocycles. The summed E-state index contributed by atoms with van der Waals surface area (Å²) < 4.78 is 10.7. The number of carbonyl (C=O) groups excluding carboxylic acids is 2. The van der Waals surface area contributed by atoms with Gasteiger partial charge in [0.1, 0.15) is 11.5 Å². The molecule has 0 atom stereocenters. The van der Waals surface area contributed by atoms with Crippen molar-refractivity contribution in [2.45, 2.75) is 6.92 Å². The number of nitrogens with one attached hydrogen (secondary N) is 1. The molecule has 0 unspecified atom stereocenters. The molecule has 3 rings (SSSR count). The first-order chi connectivity index (χ1) is 12.5. The lowest BCUT2D eigenvalue weighted by Gasteiger charge is -2.11. The zero-order valence-corrected chi connectivity index (χ0v) is 15.0. The number of halogens is 1. The molecule has 0 spiro atoms. The molecule has 1 aliphatic heterocycles. The summed E-state index contributed by atoms with van der Waals surface area (Å²) in [5.74, 6) is 0.594. The highest BCUT2D eigenvalue weighted by molar-refractivity contribution is 6.30. The number of benzene rings is 2. The number of carbonyl (C=O) groups is 2. The molecular formula is C20H16ClNO4. The number of methoxy groups -OCH3 is 1. The molecule has 0 saturated carbocycles. The van der Waals surface area contributed by atoms with Crippen LogP contribution in [0.4, 0.5) is 5.69 Å². The van der Waals surface area contributed by atoms with Crippen molar-refractivity contribution in [1.82, 2.24) is 0 Å². The topological polar surface area (TPSA) is 64.6 Å². The SMILES string of the molecule is COc1ccc(C(C)=O)cc1NC(=O)C1=Cc2cc(Cl)ccc2OC=C1. The van der Waals surface area contributed by atoms with Crippen molar-refractivity contribution in [1.29, 1.82) is 0 Å². The van der Waals surface area contributed by atoms with Crippen molar-refractivity contribution < 1.29 is 19.1 Å². The Bertz CT molecular complexity index is 947. The summed E-state index contributed by atoms with van der Waals surface area (Å²) in [5.41, 5.74) is 1.96. The summed E-state index contributed by atoms with van der Waals surface area (Å²) in [4.78, 5) is 24.3. The molecule has 26 heavy (non-hydrogen) atoms. The fourth-order valence-electron chi connectivity index (χ4n) is 2.50. The summed E-state index contributed by atoms with van der Waals surface area (Å²) in [5, 5.41) is 3.32. The van der Waals surface area contributed by atoms with Gasteiger partial charge in [0.05, 0.1) is 19.1 Å². The minimum Gasteiger partial charge on any atom is -0.495 e. The minimum absolute atomic E-state index is 0.103. The van der Waals surface area contributed by atoms with Crippen LogP contribution in [0.15, 0.2) is 54.3 Å². The van der Waals surface area contributed by atoms with Gasteiger partial charge in [-0.25, -0.2) is 0 Å². The van der Waals surface area contributed by atoms with Crippen LogP contribution in [-0.2, 0) is 4.79 Å². The van der Waals surface area contributed by atoms with Gasteiger partial charge in [0.2, 0.25) is 0 Å². The first-order valence-electron chi connectivity index (χ1n) is 7.82. The van der Waals surface area contributed by atoms with Crippen molar-refractivity contribution in [3.05, 3.63) is 70.5 Å². The highest BCUT2D eigenvalue weighted by Crippen LogP contribution is 2.30. The van der Waals surface area contributed by atoms with E-state index in [0.29, 0.717) is 38.9 Å². The van der Waals surface area contributed by atoms with Gasteiger partial charge in [0.15, 0.2) is 5.78 Å². The Balaban J connectivity index is 1.93. The molecule has 5 nitrogen and oxygen atoms in total. The molecule has 0 aromatic heterocycles. The molecule has 2 aromatic rings. The molecule has 1 amide bonds. The van der Waals surface area contributed by atoms with Crippen molar-refractivity contribution in [2.24, 2.45) is 0 Å². The van der Waals surface area contributed by atoms with E-state index in [0.717, 1.165) is 0 Å². The van der Waals surface area contributed by atoms with Crippen molar-refractivity contribution in [3.63, 3.8) is 0 Å². The van der Waals surface area contributed by atoms with Gasteiger partial charge in [-0.2, -0.15) is 0 Å². The third-order valence-electron chi connectivity index (χ3n) is 3.84. The van der Waals surface area contributed by atoms with Crippen LogP contribution >= 0.6 is 11.6 Å². The zero-order valence-electron chi connectivity index (χ0n) is 14.2. The lowest BCUT2D eigenvalue weighted by atomic mass is 10.1. The van der Waals surface area contributed by atoms with Crippen LogP contribution in [0.25, 0.3) is 6.08 Å². The number of ether oxygens (including phenoxy) is 2. The molecule has 1 aliphatic rings. The fourth-order valence-corrected chi connectivity index (χ4v) is 2.68. The maximum Gasteiger partial charge on any atom is 0.255 e. The zero-order chi connectivity index (χ0) is 18.7. The largest absolute Gasteiger partial charge is 0.495 e. The molecule has 1 N–H and O–H groups in total. The Labute approximate surface area is 155 Å². The average molecular weight is 370 g/mol. The van der Waals surface area contributed by atoms with Crippen molar-refractivity contribution in [3.8, 4) is 11.5 Å². The van der Waals surface area contributed by atoms with E-state index in [1.165, 1.54) is 20.3 Å². The van der Waals surface area contributed by atoms with E-state index in [1.54, 1.807) is 48.6 Å². The van der Waals surface area contributed by atoms with Gasteiger partial charge in [-0.3, -0.25) is 9.59 Å². The summed E-state index contributed by atoms with van der Waals surface area (Å²) in [6.45, 7) is 1.46. The van der Waals surface area contributed by atoms with E-state index in [9.17, 15) is 9.59 Å². The normalized spacial score (nSPS) is 12.3. The van der Waals surface area contributed by atoms with Gasteiger partial charge in [0.25, 0.3) is 5.91 Å². The summed E-state index contributed by atoms with van der Waals surface area (Å²) in [6.07, 6.45) is 4.68. The van der Waals surface area contributed by atoms with E-state index in [4.69, 9.17) is 21.1 Å². The predicted octanol–water partition coefficient (Wildman–Crippen LogP) is 4.48. The number of fused-ring (bicyclic) bond motifs is 1. The van der Waals surface area contributed by atoms with Crippen LogP contribution in [-0.4, -0.2) is 18.8 Å². The highest BCUT2D eigenvalue weighted by atomic mass is 35.5. The number of amides is 1. The maximum atomic E-state index is 12.7. The Kier molecular flexibility index (Phi) is 5.09. The van der Waals surface area contributed by atoms with E-state index < -0.39 is 0 Å². The smallest absolute Gasteiger partial charge is 0.255 e. The molecule has 0 fully saturated rings. The maximum absolute atomic E-state index is 12.7. The van der Waals surface area contributed by atoms with Crippen LogP contribution in [0.2, 0.25) is 5.02 Å². The third kappa shape index (κ3) is 3.78. The van der Waals surface area contributed by atoms with Gasteiger partial charge < -0.3 is 14.8 Å². The third-order valence-corrected chi connectivity index (χ3v) is 4.08. The van der Waals surface area contributed by atoms with Crippen LogP contribution in [0.3, 0.4) is 0 Å². The van der Waals surface area contributed by atoms with Crippen LogP contribution in [0, 0.1) is 0 Å². The molecule has 1 heterocycles. The Morgan fingerprint density at radius 3 is 2.69 bits per heavy atom. The molecule has 0 bridgehead atoms. The van der Waals surface area contributed by atoms with Crippen LogP contribution in [0.1, 0.15) is 22.8 Å². The minimum atomic E-state index is -0.364. The molecule has 132 valence electrons. The molecule has 6 heteroatoms. The molecular weight excluding hydrogens is 354 g/mol. The van der Waals surface area contributed by atoms with Gasteiger partial charge in [0, 0.05) is 21.7 Å². The quantitative estimate of drug-likeness (QED) is 0.807. The monoisotopic (exact) mass is 369 g/mol. The van der Waals surface area contributed by atoms with Gasteiger partial charge in [-0.15, -0.1) is 0 Å². The number of anilines is 1. The first kappa shape index (κ1) is 17.8. The second-order valence-corrected chi connectivity index (χ2v) is 6.06. The second kappa shape index (κ2) is 7.45. The number of hydrogen-bond acceptors (Lipinski definition) is 4. The van der Waals surface area contributed by atoms with Crippen LogP contribution in [0.5, 0.6) is 11.5 Å². The second-order valence-electron chi connectivity index (χ2n) is 5.63. The van der Waals surface area contributed by atoms with Gasteiger partial charge in [-0.05, 0) is 55.5 Å². The van der Waals surface area contributed by atoms with E-state index >= 15 is 0 Å². The van der Waals surface area contributed by atoms with E-state index in [2.05, 4.69) is 5.32 Å². The van der Waals surface area contributed by atoms with Crippen LogP contribution < -0.4 is 14.8 Å². The molecule has 2 aromatic carbocycles.